The monoisotopic (exact) mass is 344 g/mol. The van der Waals surface area contributed by atoms with Crippen LogP contribution in [0.3, 0.4) is 0 Å². The number of carbonyl (C=O) groups excluding carboxylic acids is 2. The van der Waals surface area contributed by atoms with Gasteiger partial charge in [0.2, 0.25) is 5.91 Å². The van der Waals surface area contributed by atoms with E-state index in [9.17, 15) is 9.59 Å². The first-order valence-corrected chi connectivity index (χ1v) is 8.09. The summed E-state index contributed by atoms with van der Waals surface area (Å²) in [6.07, 6.45) is 0.650. The summed E-state index contributed by atoms with van der Waals surface area (Å²) in [5.41, 5.74) is 1.16. The minimum absolute atomic E-state index is 0.00551. The van der Waals surface area contributed by atoms with Crippen molar-refractivity contribution in [3.8, 4) is 5.75 Å². The maximum absolute atomic E-state index is 12.3. The number of ether oxygens (including phenoxy) is 1. The van der Waals surface area contributed by atoms with Crippen LogP contribution in [-0.2, 0) is 4.79 Å². The van der Waals surface area contributed by atoms with E-state index in [1.54, 1.807) is 47.4 Å². The van der Waals surface area contributed by atoms with Crippen molar-refractivity contribution in [3.63, 3.8) is 0 Å². The van der Waals surface area contributed by atoms with Crippen LogP contribution in [0.5, 0.6) is 5.75 Å². The largest absolute Gasteiger partial charge is 0.494 e. The maximum Gasteiger partial charge on any atom is 0.253 e. The Morgan fingerprint density at radius 1 is 1.08 bits per heavy atom. The lowest BCUT2D eigenvalue weighted by molar-refractivity contribution is -0.117. The molecule has 3 rings (SSSR count). The standard InChI is InChI=1S/C18H17ClN2O3/c19-13-6-8-14(9-7-13)24-11-3-10-21-16-5-2-1-4-15(16)18(23)20-12-17(21)22/h1-2,4-9H,3,10-12H2,(H,20,23). The lowest BCUT2D eigenvalue weighted by Crippen LogP contribution is -2.37. The highest BCUT2D eigenvalue weighted by atomic mass is 35.5. The van der Waals surface area contributed by atoms with Crippen LogP contribution in [0.15, 0.2) is 48.5 Å². The molecule has 1 N–H and O–H groups in total. The van der Waals surface area contributed by atoms with Crippen molar-refractivity contribution in [1.82, 2.24) is 5.32 Å². The molecule has 1 aliphatic heterocycles. The van der Waals surface area contributed by atoms with Crippen molar-refractivity contribution in [3.05, 3.63) is 59.1 Å². The Morgan fingerprint density at radius 2 is 1.83 bits per heavy atom. The van der Waals surface area contributed by atoms with E-state index in [4.69, 9.17) is 16.3 Å². The SMILES string of the molecule is O=C1NCC(=O)N(CCCOc2ccc(Cl)cc2)c2ccccc21. The van der Waals surface area contributed by atoms with Gasteiger partial charge in [0.15, 0.2) is 0 Å². The van der Waals surface area contributed by atoms with E-state index in [1.165, 1.54) is 0 Å². The summed E-state index contributed by atoms with van der Waals surface area (Å²) in [5.74, 6) is 0.387. The zero-order chi connectivity index (χ0) is 16.9. The number of nitrogens with one attached hydrogen (secondary N) is 1. The lowest BCUT2D eigenvalue weighted by atomic mass is 10.1. The fraction of sp³-hybridized carbons (Fsp3) is 0.222. The summed E-state index contributed by atoms with van der Waals surface area (Å²) < 4.78 is 5.65. The molecule has 2 aromatic carbocycles. The van der Waals surface area contributed by atoms with E-state index in [0.29, 0.717) is 35.8 Å². The van der Waals surface area contributed by atoms with E-state index in [2.05, 4.69) is 5.32 Å². The van der Waals surface area contributed by atoms with E-state index in [1.807, 2.05) is 6.07 Å². The normalized spacial score (nSPS) is 14.0. The number of fused-ring (bicyclic) bond motifs is 1. The van der Waals surface area contributed by atoms with Crippen LogP contribution in [0.1, 0.15) is 16.8 Å². The second kappa shape index (κ2) is 7.36. The van der Waals surface area contributed by atoms with E-state index >= 15 is 0 Å². The molecule has 0 saturated carbocycles. The van der Waals surface area contributed by atoms with Gasteiger partial charge >= 0.3 is 0 Å². The third kappa shape index (κ3) is 3.68. The van der Waals surface area contributed by atoms with Crippen molar-refractivity contribution < 1.29 is 14.3 Å². The van der Waals surface area contributed by atoms with Gasteiger partial charge in [-0.2, -0.15) is 0 Å². The molecular weight excluding hydrogens is 328 g/mol. The Labute approximate surface area is 145 Å². The molecule has 2 aromatic rings. The van der Waals surface area contributed by atoms with Crippen LogP contribution in [0.4, 0.5) is 5.69 Å². The molecule has 0 bridgehead atoms. The molecule has 0 radical (unpaired) electrons. The van der Waals surface area contributed by atoms with Crippen molar-refractivity contribution in [2.24, 2.45) is 0 Å². The number of benzene rings is 2. The molecule has 1 aliphatic rings. The Hall–Kier alpha value is -2.53. The van der Waals surface area contributed by atoms with Crippen molar-refractivity contribution in [2.45, 2.75) is 6.42 Å². The number of nitrogens with zero attached hydrogens (tertiary/aromatic N) is 1. The highest BCUT2D eigenvalue weighted by Gasteiger charge is 2.25. The summed E-state index contributed by atoms with van der Waals surface area (Å²) in [6.45, 7) is 0.957. The number of anilines is 1. The van der Waals surface area contributed by atoms with E-state index < -0.39 is 0 Å². The first-order chi connectivity index (χ1) is 11.6. The number of para-hydroxylation sites is 1. The number of carbonyl (C=O) groups is 2. The fourth-order valence-electron chi connectivity index (χ4n) is 2.57. The minimum atomic E-state index is -0.223. The molecule has 1 heterocycles. The second-order valence-electron chi connectivity index (χ2n) is 5.40. The number of hydrogen-bond acceptors (Lipinski definition) is 3. The van der Waals surface area contributed by atoms with Crippen LogP contribution in [0, 0.1) is 0 Å². The summed E-state index contributed by atoms with van der Waals surface area (Å²) in [5, 5.41) is 3.29. The van der Waals surface area contributed by atoms with Crippen molar-refractivity contribution >= 4 is 29.1 Å². The van der Waals surface area contributed by atoms with Gasteiger partial charge in [-0.25, -0.2) is 0 Å². The zero-order valence-electron chi connectivity index (χ0n) is 13.0. The van der Waals surface area contributed by atoms with Gasteiger partial charge in [-0.3, -0.25) is 9.59 Å². The average molecular weight is 345 g/mol. The summed E-state index contributed by atoms with van der Waals surface area (Å²) in [4.78, 5) is 25.9. The Bertz CT molecular complexity index is 746. The highest BCUT2D eigenvalue weighted by molar-refractivity contribution is 6.30. The van der Waals surface area contributed by atoms with E-state index in [0.717, 1.165) is 5.75 Å². The van der Waals surface area contributed by atoms with Gasteiger partial charge < -0.3 is 15.0 Å². The molecule has 0 aliphatic carbocycles. The van der Waals surface area contributed by atoms with E-state index in [-0.39, 0.29) is 18.4 Å². The lowest BCUT2D eigenvalue weighted by Gasteiger charge is -2.22. The third-order valence-corrected chi connectivity index (χ3v) is 4.00. The number of rotatable bonds is 5. The average Bonchev–Trinajstić information content (AvgIpc) is 2.72. The van der Waals surface area contributed by atoms with Crippen LogP contribution in [0.2, 0.25) is 5.02 Å². The quantitative estimate of drug-likeness (QED) is 0.848. The molecule has 2 amide bonds. The molecule has 24 heavy (non-hydrogen) atoms. The van der Waals surface area contributed by atoms with Gasteiger partial charge in [0, 0.05) is 11.6 Å². The van der Waals surface area contributed by atoms with Crippen LogP contribution >= 0.6 is 11.6 Å². The number of halogens is 1. The maximum atomic E-state index is 12.3. The first-order valence-electron chi connectivity index (χ1n) is 7.71. The smallest absolute Gasteiger partial charge is 0.253 e. The summed E-state index contributed by atoms with van der Waals surface area (Å²) in [6, 6.07) is 14.3. The predicted octanol–water partition coefficient (Wildman–Crippen LogP) is 2.89. The molecule has 124 valence electrons. The van der Waals surface area contributed by atoms with Crippen LogP contribution in [-0.4, -0.2) is 31.5 Å². The predicted molar refractivity (Wildman–Crippen MR) is 92.7 cm³/mol. The molecule has 0 atom stereocenters. The van der Waals surface area contributed by atoms with Gasteiger partial charge in [0.05, 0.1) is 24.4 Å². The summed E-state index contributed by atoms with van der Waals surface area (Å²) in [7, 11) is 0. The van der Waals surface area contributed by atoms with Crippen LogP contribution < -0.4 is 15.0 Å². The molecule has 5 nitrogen and oxygen atoms in total. The summed E-state index contributed by atoms with van der Waals surface area (Å²) >= 11 is 5.83. The fourth-order valence-corrected chi connectivity index (χ4v) is 2.70. The van der Waals surface area contributed by atoms with Gasteiger partial charge in [0.25, 0.3) is 5.91 Å². The van der Waals surface area contributed by atoms with Crippen LogP contribution in [0.25, 0.3) is 0 Å². The number of hydrogen-bond donors (Lipinski definition) is 1. The minimum Gasteiger partial charge on any atom is -0.494 e. The molecule has 6 heteroatoms. The van der Waals surface area contributed by atoms with Gasteiger partial charge in [-0.15, -0.1) is 0 Å². The molecule has 0 spiro atoms. The zero-order valence-corrected chi connectivity index (χ0v) is 13.8. The third-order valence-electron chi connectivity index (χ3n) is 3.75. The van der Waals surface area contributed by atoms with Gasteiger partial charge in [-0.05, 0) is 42.8 Å². The molecule has 0 saturated heterocycles. The molecule has 0 unspecified atom stereocenters. The van der Waals surface area contributed by atoms with Gasteiger partial charge in [-0.1, -0.05) is 23.7 Å². The van der Waals surface area contributed by atoms with Gasteiger partial charge in [0.1, 0.15) is 5.75 Å². The molecule has 0 fully saturated rings. The highest BCUT2D eigenvalue weighted by Crippen LogP contribution is 2.23. The van der Waals surface area contributed by atoms with Crippen molar-refractivity contribution in [2.75, 3.05) is 24.6 Å². The number of amides is 2. The second-order valence-corrected chi connectivity index (χ2v) is 5.84. The Morgan fingerprint density at radius 3 is 2.62 bits per heavy atom. The molecular formula is C18H17ClN2O3. The molecule has 0 aromatic heterocycles. The first kappa shape index (κ1) is 16.3. The topological polar surface area (TPSA) is 58.6 Å². The van der Waals surface area contributed by atoms with Crippen molar-refractivity contribution in [1.29, 1.82) is 0 Å². The Kier molecular flexibility index (Phi) is 5.01. The Balaban J connectivity index is 1.63.